The van der Waals surface area contributed by atoms with Gasteiger partial charge in [0.25, 0.3) is 0 Å². The van der Waals surface area contributed by atoms with Crippen LogP contribution < -0.4 is 0 Å². The third-order valence-electron chi connectivity index (χ3n) is 5.41. The molecule has 30 heavy (non-hydrogen) atoms. The first kappa shape index (κ1) is 24.2. The molecule has 2 unspecified atom stereocenters. The van der Waals surface area contributed by atoms with Crippen molar-refractivity contribution in [2.75, 3.05) is 13.2 Å². The number of ketones is 1. The number of Topliss-reactive ketones (excluding diaryl/α,β-unsaturated/α-hetero) is 1. The largest absolute Gasteiger partial charge is 0.396 e. The number of hydrogen-bond donors (Lipinski definition) is 4. The molecule has 2 atom stereocenters. The van der Waals surface area contributed by atoms with E-state index in [2.05, 4.69) is 0 Å². The predicted molar refractivity (Wildman–Crippen MR) is 118 cm³/mol. The van der Waals surface area contributed by atoms with E-state index in [4.69, 9.17) is 10.2 Å². The monoisotopic (exact) mass is 414 g/mol. The van der Waals surface area contributed by atoms with E-state index < -0.39 is 23.0 Å². The third-order valence-corrected chi connectivity index (χ3v) is 5.41. The van der Waals surface area contributed by atoms with Crippen LogP contribution in [-0.4, -0.2) is 50.6 Å². The summed E-state index contributed by atoms with van der Waals surface area (Å²) in [6.07, 6.45) is 1.04. The van der Waals surface area contributed by atoms with E-state index in [1.54, 1.807) is 52.0 Å². The minimum Gasteiger partial charge on any atom is -0.396 e. The number of carbonyl (C=O) groups is 1. The maximum Gasteiger partial charge on any atom is 0.153 e. The van der Waals surface area contributed by atoms with Crippen LogP contribution in [0.1, 0.15) is 61.8 Å². The fourth-order valence-electron chi connectivity index (χ4n) is 4.02. The second-order valence-electron chi connectivity index (χ2n) is 9.01. The van der Waals surface area contributed by atoms with E-state index in [1.165, 1.54) is 0 Å². The molecule has 0 saturated carbocycles. The van der Waals surface area contributed by atoms with Crippen molar-refractivity contribution in [1.29, 1.82) is 0 Å². The predicted octanol–water partition coefficient (Wildman–Crippen LogP) is 2.73. The summed E-state index contributed by atoms with van der Waals surface area (Å²) < 4.78 is 0. The van der Waals surface area contributed by atoms with Crippen molar-refractivity contribution < 1.29 is 25.2 Å². The fraction of sp³-hybridized carbons (Fsp3) is 0.480. The van der Waals surface area contributed by atoms with E-state index in [0.29, 0.717) is 24.0 Å². The number of aliphatic hydroxyl groups is 4. The van der Waals surface area contributed by atoms with E-state index in [-0.39, 0.29) is 19.0 Å². The van der Waals surface area contributed by atoms with Gasteiger partial charge in [-0.3, -0.25) is 4.79 Å². The number of benzene rings is 2. The molecule has 0 saturated heterocycles. The number of rotatable bonds is 10. The lowest BCUT2D eigenvalue weighted by Gasteiger charge is -2.36. The van der Waals surface area contributed by atoms with Gasteiger partial charge in [-0.05, 0) is 62.8 Å². The highest BCUT2D eigenvalue weighted by molar-refractivity contribution is 5.94. The molecule has 0 aliphatic rings. The van der Waals surface area contributed by atoms with Gasteiger partial charge in [0, 0.05) is 13.2 Å². The number of aliphatic hydroxyl groups excluding tert-OH is 2. The molecule has 0 spiro atoms. The van der Waals surface area contributed by atoms with Gasteiger partial charge in [-0.25, -0.2) is 0 Å². The van der Waals surface area contributed by atoms with Crippen LogP contribution in [0.2, 0.25) is 0 Å². The molecule has 2 aromatic carbocycles. The first-order valence-electron chi connectivity index (χ1n) is 10.4. The molecule has 0 amide bonds. The molecule has 164 valence electrons. The van der Waals surface area contributed by atoms with Crippen LogP contribution in [-0.2, 0) is 17.6 Å². The highest BCUT2D eigenvalue weighted by Gasteiger charge is 2.44. The molecular formula is C25H34O5. The Balaban J connectivity index is 2.48. The molecule has 0 radical (unpaired) electrons. The lowest BCUT2D eigenvalue weighted by atomic mass is 9.71. The Bertz CT molecular complexity index is 741. The number of carbonyl (C=O) groups excluding carboxylic acids is 1. The van der Waals surface area contributed by atoms with Crippen LogP contribution in [0, 0.1) is 0 Å². The Morgan fingerprint density at radius 1 is 0.700 bits per heavy atom. The van der Waals surface area contributed by atoms with Crippen molar-refractivity contribution in [1.82, 2.24) is 0 Å². The van der Waals surface area contributed by atoms with Gasteiger partial charge in [-0.2, -0.15) is 0 Å². The zero-order chi connectivity index (χ0) is 22.5. The maximum absolute atomic E-state index is 13.8. The zero-order valence-electron chi connectivity index (χ0n) is 18.3. The second kappa shape index (κ2) is 9.84. The van der Waals surface area contributed by atoms with Gasteiger partial charge in [-0.1, -0.05) is 48.5 Å². The van der Waals surface area contributed by atoms with E-state index in [1.807, 2.05) is 24.3 Å². The molecule has 0 heterocycles. The highest BCUT2D eigenvalue weighted by Crippen LogP contribution is 2.39. The summed E-state index contributed by atoms with van der Waals surface area (Å²) in [5.41, 5.74) is 0.551. The summed E-state index contributed by atoms with van der Waals surface area (Å²) in [7, 11) is 0. The van der Waals surface area contributed by atoms with E-state index in [9.17, 15) is 15.0 Å². The van der Waals surface area contributed by atoms with Crippen LogP contribution in [0.3, 0.4) is 0 Å². The topological polar surface area (TPSA) is 98.0 Å². The van der Waals surface area contributed by atoms with Crippen molar-refractivity contribution in [2.45, 2.75) is 63.6 Å². The first-order chi connectivity index (χ1) is 14.0. The maximum atomic E-state index is 13.8. The Morgan fingerprint density at radius 3 is 1.23 bits per heavy atom. The van der Waals surface area contributed by atoms with Crippen molar-refractivity contribution in [3.8, 4) is 0 Å². The average molecular weight is 415 g/mol. The Morgan fingerprint density at radius 2 is 1.00 bits per heavy atom. The van der Waals surface area contributed by atoms with Crippen molar-refractivity contribution in [2.24, 2.45) is 0 Å². The second-order valence-corrected chi connectivity index (χ2v) is 9.01. The van der Waals surface area contributed by atoms with Gasteiger partial charge in [-0.15, -0.1) is 0 Å². The normalized spacial score (nSPS) is 14.4. The van der Waals surface area contributed by atoms with Crippen LogP contribution in [0.25, 0.3) is 0 Å². The summed E-state index contributed by atoms with van der Waals surface area (Å²) >= 11 is 0. The molecule has 5 nitrogen and oxygen atoms in total. The molecule has 2 rings (SSSR count). The molecule has 5 heteroatoms. The van der Waals surface area contributed by atoms with E-state index >= 15 is 0 Å². The molecule has 4 N–H and O–H groups in total. The SMILES string of the molecule is CC(C)(O)C(C(=O)C(c1ccc(CCO)cc1)C(C)(C)O)c1ccc(CCO)cc1. The summed E-state index contributed by atoms with van der Waals surface area (Å²) in [5.74, 6) is -1.94. The van der Waals surface area contributed by atoms with Crippen LogP contribution in [0.5, 0.6) is 0 Å². The van der Waals surface area contributed by atoms with Crippen molar-refractivity contribution in [3.63, 3.8) is 0 Å². The summed E-state index contributed by atoms with van der Waals surface area (Å²) in [4.78, 5) is 13.8. The highest BCUT2D eigenvalue weighted by atomic mass is 16.3. The van der Waals surface area contributed by atoms with Gasteiger partial charge in [0.1, 0.15) is 0 Å². The third kappa shape index (κ3) is 5.99. The minimum absolute atomic E-state index is 0.0419. The zero-order valence-corrected chi connectivity index (χ0v) is 18.3. The van der Waals surface area contributed by atoms with E-state index in [0.717, 1.165) is 11.1 Å². The molecule has 2 aromatic rings. The lowest BCUT2D eigenvalue weighted by Crippen LogP contribution is -2.43. The van der Waals surface area contributed by atoms with Gasteiger partial charge >= 0.3 is 0 Å². The van der Waals surface area contributed by atoms with Crippen molar-refractivity contribution in [3.05, 3.63) is 70.8 Å². The Hall–Kier alpha value is -2.05. The van der Waals surface area contributed by atoms with Gasteiger partial charge < -0.3 is 20.4 Å². The van der Waals surface area contributed by atoms with Gasteiger partial charge in [0.2, 0.25) is 0 Å². The summed E-state index contributed by atoms with van der Waals surface area (Å²) in [5, 5.41) is 40.0. The molecule has 0 aliphatic heterocycles. The molecule has 0 aliphatic carbocycles. The average Bonchev–Trinajstić information content (AvgIpc) is 2.63. The van der Waals surface area contributed by atoms with Crippen molar-refractivity contribution >= 4 is 5.78 Å². The van der Waals surface area contributed by atoms with Crippen LogP contribution >= 0.6 is 0 Å². The fourth-order valence-corrected chi connectivity index (χ4v) is 4.02. The summed E-state index contributed by atoms with van der Waals surface area (Å²) in [6.45, 7) is 6.48. The quantitative estimate of drug-likeness (QED) is 0.479. The van der Waals surface area contributed by atoms with Gasteiger partial charge in [0.05, 0.1) is 23.0 Å². The van der Waals surface area contributed by atoms with Crippen LogP contribution in [0.15, 0.2) is 48.5 Å². The molecule has 0 aromatic heterocycles. The summed E-state index contributed by atoms with van der Waals surface area (Å²) in [6, 6.07) is 14.6. The molecule has 0 fully saturated rings. The lowest BCUT2D eigenvalue weighted by molar-refractivity contribution is -0.132. The number of hydrogen-bond acceptors (Lipinski definition) is 5. The molecule has 0 bridgehead atoms. The Kier molecular flexibility index (Phi) is 7.94. The molecular weight excluding hydrogens is 380 g/mol. The van der Waals surface area contributed by atoms with Gasteiger partial charge in [0.15, 0.2) is 5.78 Å². The smallest absolute Gasteiger partial charge is 0.153 e. The van der Waals surface area contributed by atoms with Crippen LogP contribution in [0.4, 0.5) is 0 Å². The standard InChI is InChI=1S/C25H34O5/c1-24(2,29)21(19-9-5-17(6-10-19)13-15-26)23(28)22(25(3,4)30)20-11-7-18(8-12-20)14-16-27/h5-12,21-22,26-27,29-30H,13-16H2,1-4H3. The minimum atomic E-state index is -1.34. The first-order valence-corrected chi connectivity index (χ1v) is 10.4. The Labute approximate surface area is 179 Å².